The number of nitriles is 2. The first kappa shape index (κ1) is 25.1. The lowest BCUT2D eigenvalue weighted by Crippen LogP contribution is -2.54. The second-order valence-corrected chi connectivity index (χ2v) is 9.63. The van der Waals surface area contributed by atoms with E-state index in [1.165, 1.54) is 10.6 Å². The van der Waals surface area contributed by atoms with Crippen molar-refractivity contribution in [1.29, 1.82) is 10.5 Å². The number of hydrogen-bond acceptors (Lipinski definition) is 7. The Morgan fingerprint density at radius 2 is 1.92 bits per heavy atom. The van der Waals surface area contributed by atoms with Gasteiger partial charge in [-0.25, -0.2) is 9.37 Å². The molecular formula is C29H26FN7O. The molecule has 0 spiro atoms. The van der Waals surface area contributed by atoms with Crippen LogP contribution in [0.15, 0.2) is 59.5 Å². The third kappa shape index (κ3) is 4.38. The summed E-state index contributed by atoms with van der Waals surface area (Å²) < 4.78 is 15.7. The summed E-state index contributed by atoms with van der Waals surface area (Å²) in [5.74, 6) is -0.310. The maximum atomic E-state index is 14.3. The number of nitrogens with zero attached hydrogens (tertiary/aromatic N) is 7. The molecule has 0 aliphatic carbocycles. The Morgan fingerprint density at radius 1 is 1.11 bits per heavy atom. The van der Waals surface area contributed by atoms with Gasteiger partial charge in [-0.15, -0.1) is 0 Å². The van der Waals surface area contributed by atoms with E-state index in [1.807, 2.05) is 36.2 Å². The van der Waals surface area contributed by atoms with Gasteiger partial charge in [0.1, 0.15) is 34.7 Å². The van der Waals surface area contributed by atoms with Crippen molar-refractivity contribution in [1.82, 2.24) is 19.4 Å². The van der Waals surface area contributed by atoms with Crippen LogP contribution in [-0.2, 0) is 7.05 Å². The molecule has 0 amide bonds. The number of benzene rings is 1. The molecule has 1 aliphatic heterocycles. The van der Waals surface area contributed by atoms with Crippen molar-refractivity contribution in [2.24, 2.45) is 7.05 Å². The number of pyridine rings is 3. The van der Waals surface area contributed by atoms with E-state index in [0.29, 0.717) is 36.4 Å². The zero-order valence-corrected chi connectivity index (χ0v) is 21.4. The molecule has 0 bridgehead atoms. The summed E-state index contributed by atoms with van der Waals surface area (Å²) in [6.45, 7) is 5.60. The molecule has 190 valence electrons. The molecule has 3 aromatic heterocycles. The van der Waals surface area contributed by atoms with Gasteiger partial charge in [-0.2, -0.15) is 10.5 Å². The largest absolute Gasteiger partial charge is 0.366 e. The number of rotatable bonds is 4. The molecule has 2 atom stereocenters. The van der Waals surface area contributed by atoms with Crippen LogP contribution in [0.5, 0.6) is 0 Å². The lowest BCUT2D eigenvalue weighted by molar-refractivity contribution is 0.147. The van der Waals surface area contributed by atoms with Gasteiger partial charge in [-0.05, 0) is 55.3 Å². The van der Waals surface area contributed by atoms with Crippen LogP contribution in [0, 0.1) is 35.4 Å². The minimum atomic E-state index is -0.405. The molecule has 5 rings (SSSR count). The smallest absolute Gasteiger partial charge is 0.270 e. The predicted octanol–water partition coefficient (Wildman–Crippen LogP) is 3.82. The molecule has 8 nitrogen and oxygen atoms in total. The Balaban J connectivity index is 1.57. The molecule has 1 aromatic carbocycles. The monoisotopic (exact) mass is 507 g/mol. The summed E-state index contributed by atoms with van der Waals surface area (Å²) in [7, 11) is 1.60. The first-order valence-corrected chi connectivity index (χ1v) is 12.3. The maximum absolute atomic E-state index is 14.3. The van der Waals surface area contributed by atoms with Gasteiger partial charge in [-0.1, -0.05) is 18.2 Å². The van der Waals surface area contributed by atoms with Crippen molar-refractivity contribution in [2.45, 2.75) is 25.9 Å². The molecule has 0 radical (unpaired) electrons. The van der Waals surface area contributed by atoms with Gasteiger partial charge in [0.2, 0.25) is 0 Å². The lowest BCUT2D eigenvalue weighted by Gasteiger charge is -2.45. The summed E-state index contributed by atoms with van der Waals surface area (Å²) in [4.78, 5) is 26.5. The Labute approximate surface area is 219 Å². The molecular weight excluding hydrogens is 481 g/mol. The van der Waals surface area contributed by atoms with E-state index < -0.39 is 5.56 Å². The molecule has 0 N–H and O–H groups in total. The molecule has 38 heavy (non-hydrogen) atoms. The van der Waals surface area contributed by atoms with Gasteiger partial charge in [0, 0.05) is 38.9 Å². The second kappa shape index (κ2) is 10.0. The Morgan fingerprint density at radius 3 is 2.58 bits per heavy atom. The van der Waals surface area contributed by atoms with E-state index in [2.05, 4.69) is 33.9 Å². The van der Waals surface area contributed by atoms with E-state index in [9.17, 15) is 19.7 Å². The van der Waals surface area contributed by atoms with Crippen molar-refractivity contribution in [3.8, 4) is 12.1 Å². The Bertz CT molecular complexity index is 1670. The molecule has 4 heterocycles. The minimum Gasteiger partial charge on any atom is -0.366 e. The average molecular weight is 508 g/mol. The summed E-state index contributed by atoms with van der Waals surface area (Å²) in [6.07, 6.45) is 1.81. The summed E-state index contributed by atoms with van der Waals surface area (Å²) in [6, 6.07) is 17.6. The van der Waals surface area contributed by atoms with E-state index in [0.717, 1.165) is 16.8 Å². The SMILES string of the molecule is Cc1ccc(C(c2cccc(F)c2)N2CCN(c3c(C#N)c(=O)n(C)c4ccc(C#N)nc34)C[C@H]2C)nc1. The first-order valence-electron chi connectivity index (χ1n) is 12.3. The van der Waals surface area contributed by atoms with Crippen LogP contribution in [0.3, 0.4) is 0 Å². The summed E-state index contributed by atoms with van der Waals surface area (Å²) >= 11 is 0. The van der Waals surface area contributed by atoms with Crippen LogP contribution >= 0.6 is 0 Å². The topological polar surface area (TPSA) is 102 Å². The fourth-order valence-corrected chi connectivity index (χ4v) is 5.27. The van der Waals surface area contributed by atoms with Gasteiger partial charge >= 0.3 is 0 Å². The fraction of sp³-hybridized carbons (Fsp3) is 0.276. The third-order valence-corrected chi connectivity index (χ3v) is 7.15. The number of halogens is 1. The standard InChI is InChI=1S/C29H26FN7O/c1-18-7-9-24(33-16-18)27(20-5-4-6-21(30)13-20)37-12-11-36(17-19(37)2)28-23(15-32)29(38)35(3)25-10-8-22(14-31)34-26(25)28/h4-10,13,16,19,27H,11-12,17H2,1-3H3/t19-,27?/m1/s1. The lowest BCUT2D eigenvalue weighted by atomic mass is 9.97. The highest BCUT2D eigenvalue weighted by molar-refractivity contribution is 5.92. The van der Waals surface area contributed by atoms with Crippen LogP contribution < -0.4 is 10.5 Å². The van der Waals surface area contributed by atoms with Crippen molar-refractivity contribution in [3.05, 3.63) is 99.0 Å². The number of fused-ring (bicyclic) bond motifs is 1. The van der Waals surface area contributed by atoms with E-state index in [4.69, 9.17) is 0 Å². The molecule has 1 saturated heterocycles. The van der Waals surface area contributed by atoms with Crippen molar-refractivity contribution in [3.63, 3.8) is 0 Å². The van der Waals surface area contributed by atoms with Crippen molar-refractivity contribution < 1.29 is 4.39 Å². The highest BCUT2D eigenvalue weighted by atomic mass is 19.1. The Kier molecular flexibility index (Phi) is 6.62. The van der Waals surface area contributed by atoms with Crippen LogP contribution in [-0.4, -0.2) is 45.1 Å². The molecule has 4 aromatic rings. The fourth-order valence-electron chi connectivity index (χ4n) is 5.27. The minimum absolute atomic E-state index is 0.00474. The van der Waals surface area contributed by atoms with Gasteiger partial charge in [0.05, 0.1) is 22.9 Å². The van der Waals surface area contributed by atoms with Gasteiger partial charge < -0.3 is 9.47 Å². The number of anilines is 1. The van der Waals surface area contributed by atoms with Crippen LogP contribution in [0.4, 0.5) is 10.1 Å². The average Bonchev–Trinajstić information content (AvgIpc) is 2.92. The molecule has 1 fully saturated rings. The third-order valence-electron chi connectivity index (χ3n) is 7.15. The zero-order valence-electron chi connectivity index (χ0n) is 21.4. The van der Waals surface area contributed by atoms with Crippen LogP contribution in [0.25, 0.3) is 11.0 Å². The maximum Gasteiger partial charge on any atom is 0.270 e. The van der Waals surface area contributed by atoms with E-state index in [1.54, 1.807) is 31.3 Å². The van der Waals surface area contributed by atoms with Crippen LogP contribution in [0.1, 0.15) is 41.0 Å². The number of aryl methyl sites for hydroxylation is 2. The predicted molar refractivity (Wildman–Crippen MR) is 142 cm³/mol. The highest BCUT2D eigenvalue weighted by Gasteiger charge is 2.34. The van der Waals surface area contributed by atoms with Gasteiger partial charge in [0.25, 0.3) is 5.56 Å². The van der Waals surface area contributed by atoms with Gasteiger partial charge in [-0.3, -0.25) is 14.7 Å². The summed E-state index contributed by atoms with van der Waals surface area (Å²) in [5.41, 5.74) is 3.93. The molecule has 9 heteroatoms. The van der Waals surface area contributed by atoms with E-state index in [-0.39, 0.29) is 29.2 Å². The molecule has 1 unspecified atom stereocenters. The number of aromatic nitrogens is 3. The Hall–Kier alpha value is -4.60. The highest BCUT2D eigenvalue weighted by Crippen LogP contribution is 2.34. The van der Waals surface area contributed by atoms with Crippen molar-refractivity contribution in [2.75, 3.05) is 24.5 Å². The quantitative estimate of drug-likeness (QED) is 0.414. The van der Waals surface area contributed by atoms with Crippen LogP contribution in [0.2, 0.25) is 0 Å². The molecule has 1 aliphatic rings. The first-order chi connectivity index (χ1) is 18.3. The zero-order chi connectivity index (χ0) is 27.0. The van der Waals surface area contributed by atoms with Gasteiger partial charge in [0.15, 0.2) is 0 Å². The summed E-state index contributed by atoms with van der Waals surface area (Å²) in [5, 5.41) is 19.4. The second-order valence-electron chi connectivity index (χ2n) is 9.63. The molecule has 0 saturated carbocycles. The number of piperazine rings is 1. The normalized spacial score (nSPS) is 16.7. The van der Waals surface area contributed by atoms with E-state index >= 15 is 0 Å². The number of hydrogen-bond donors (Lipinski definition) is 0. The van der Waals surface area contributed by atoms with Crippen molar-refractivity contribution >= 4 is 16.7 Å².